The van der Waals surface area contributed by atoms with Crippen LogP contribution in [0.3, 0.4) is 0 Å². The summed E-state index contributed by atoms with van der Waals surface area (Å²) in [5.41, 5.74) is 6.69. The molecule has 1 N–H and O–H groups in total. The lowest BCUT2D eigenvalue weighted by Crippen LogP contribution is -2.18. The number of nitrogens with zero attached hydrogens (tertiary/aromatic N) is 4. The number of benzene rings is 2. The molecule has 0 bridgehead atoms. The topological polar surface area (TPSA) is 54.2 Å². The minimum absolute atomic E-state index is 0.271. The molecule has 0 amide bonds. The van der Waals surface area contributed by atoms with E-state index in [1.165, 1.54) is 11.1 Å². The zero-order valence-electron chi connectivity index (χ0n) is 15.0. The van der Waals surface area contributed by atoms with E-state index in [4.69, 9.17) is 9.97 Å². The molecule has 0 unspecified atom stereocenters. The highest BCUT2D eigenvalue weighted by Gasteiger charge is 2.17. The van der Waals surface area contributed by atoms with Gasteiger partial charge in [0.25, 0.3) is 0 Å². The number of aromatic nitrogens is 3. The summed E-state index contributed by atoms with van der Waals surface area (Å²) >= 11 is 0. The first-order valence-electron chi connectivity index (χ1n) is 8.49. The van der Waals surface area contributed by atoms with Crippen molar-refractivity contribution < 1.29 is 5.11 Å². The Hall–Kier alpha value is -2.66. The van der Waals surface area contributed by atoms with Gasteiger partial charge in [0, 0.05) is 18.5 Å². The first-order chi connectivity index (χ1) is 12.0. The van der Waals surface area contributed by atoms with Crippen LogP contribution >= 0.6 is 0 Å². The van der Waals surface area contributed by atoms with Crippen LogP contribution in [0.2, 0.25) is 0 Å². The van der Waals surface area contributed by atoms with E-state index in [2.05, 4.69) is 35.4 Å². The number of hydrogen-bond acceptors (Lipinski definition) is 4. The van der Waals surface area contributed by atoms with E-state index in [1.807, 2.05) is 26.2 Å². The zero-order chi connectivity index (χ0) is 17.7. The summed E-state index contributed by atoms with van der Waals surface area (Å²) in [7, 11) is 4.09. The van der Waals surface area contributed by atoms with E-state index in [0.29, 0.717) is 0 Å². The lowest BCUT2D eigenvalue weighted by Gasteiger charge is -2.12. The Morgan fingerprint density at radius 2 is 1.72 bits per heavy atom. The average Bonchev–Trinajstić information content (AvgIpc) is 2.86. The van der Waals surface area contributed by atoms with Gasteiger partial charge in [0.15, 0.2) is 5.65 Å². The van der Waals surface area contributed by atoms with Gasteiger partial charge in [-0.3, -0.25) is 0 Å². The van der Waals surface area contributed by atoms with Crippen molar-refractivity contribution in [2.24, 2.45) is 0 Å². The first kappa shape index (κ1) is 15.8. The molecule has 2 aromatic heterocycles. The second kappa shape index (κ2) is 5.70. The van der Waals surface area contributed by atoms with Crippen molar-refractivity contribution in [2.75, 3.05) is 20.6 Å². The van der Waals surface area contributed by atoms with Gasteiger partial charge in [-0.05, 0) is 57.3 Å². The van der Waals surface area contributed by atoms with Gasteiger partial charge >= 0.3 is 0 Å². The summed E-state index contributed by atoms with van der Waals surface area (Å²) in [6.45, 7) is 5.79. The predicted octanol–water partition coefficient (Wildman–Crippen LogP) is 3.62. The fraction of sp³-hybridized carbons (Fsp3) is 0.300. The minimum Gasteiger partial charge on any atom is -0.506 e. The van der Waals surface area contributed by atoms with Crippen LogP contribution in [0.5, 0.6) is 5.75 Å². The van der Waals surface area contributed by atoms with E-state index >= 15 is 0 Å². The largest absolute Gasteiger partial charge is 0.506 e. The third kappa shape index (κ3) is 2.51. The molecule has 0 radical (unpaired) electrons. The maximum absolute atomic E-state index is 10.5. The molecule has 0 atom stereocenters. The van der Waals surface area contributed by atoms with Gasteiger partial charge < -0.3 is 14.6 Å². The number of fused-ring (bicyclic) bond motifs is 4. The van der Waals surface area contributed by atoms with Crippen molar-refractivity contribution in [2.45, 2.75) is 20.4 Å². The van der Waals surface area contributed by atoms with Crippen LogP contribution < -0.4 is 0 Å². The van der Waals surface area contributed by atoms with Crippen molar-refractivity contribution in [3.63, 3.8) is 0 Å². The molecule has 0 spiro atoms. The summed E-state index contributed by atoms with van der Waals surface area (Å²) in [6, 6.07) is 9.76. The standard InChI is InChI=1S/C20H22N4O/c1-12-10-15-16(11-13(12)2)22-20-18(21-15)14-6-5-7-17(25)19(14)24(20)9-8-23(3)4/h5-7,10-11,25H,8-9H2,1-4H3. The Kier molecular flexibility index (Phi) is 3.62. The second-order valence-electron chi connectivity index (χ2n) is 6.95. The lowest BCUT2D eigenvalue weighted by atomic mass is 10.1. The molecule has 2 aromatic carbocycles. The lowest BCUT2D eigenvalue weighted by molar-refractivity contribution is 0.387. The van der Waals surface area contributed by atoms with Crippen molar-refractivity contribution in [1.29, 1.82) is 0 Å². The van der Waals surface area contributed by atoms with Crippen molar-refractivity contribution in [3.05, 3.63) is 41.5 Å². The SMILES string of the molecule is Cc1cc2nc3c4cccc(O)c4n(CCN(C)C)c3nc2cc1C. The first-order valence-corrected chi connectivity index (χ1v) is 8.49. The van der Waals surface area contributed by atoms with Crippen LogP contribution in [0.4, 0.5) is 0 Å². The fourth-order valence-corrected chi connectivity index (χ4v) is 3.30. The second-order valence-corrected chi connectivity index (χ2v) is 6.95. The van der Waals surface area contributed by atoms with E-state index in [9.17, 15) is 5.11 Å². The van der Waals surface area contributed by atoms with Gasteiger partial charge in [-0.1, -0.05) is 12.1 Å². The maximum Gasteiger partial charge on any atom is 0.160 e. The van der Waals surface area contributed by atoms with Crippen molar-refractivity contribution >= 4 is 33.1 Å². The summed E-state index contributed by atoms with van der Waals surface area (Å²) in [5.74, 6) is 0.271. The van der Waals surface area contributed by atoms with E-state index in [-0.39, 0.29) is 5.75 Å². The van der Waals surface area contributed by atoms with Gasteiger partial charge in [-0.2, -0.15) is 0 Å². The van der Waals surface area contributed by atoms with E-state index < -0.39 is 0 Å². The molecule has 0 aliphatic carbocycles. The molecule has 0 saturated carbocycles. The number of para-hydroxylation sites is 1. The molecule has 2 heterocycles. The smallest absolute Gasteiger partial charge is 0.160 e. The van der Waals surface area contributed by atoms with E-state index in [0.717, 1.165) is 46.2 Å². The predicted molar refractivity (Wildman–Crippen MR) is 102 cm³/mol. The van der Waals surface area contributed by atoms with Crippen LogP contribution in [0.1, 0.15) is 11.1 Å². The highest BCUT2D eigenvalue weighted by Crippen LogP contribution is 2.33. The van der Waals surface area contributed by atoms with Crippen LogP contribution in [0, 0.1) is 13.8 Å². The third-order valence-electron chi connectivity index (χ3n) is 4.83. The summed E-state index contributed by atoms with van der Waals surface area (Å²) < 4.78 is 2.08. The van der Waals surface area contributed by atoms with Crippen molar-refractivity contribution in [1.82, 2.24) is 19.4 Å². The Labute approximate surface area is 146 Å². The molecule has 128 valence electrons. The number of phenolic OH excluding ortho intramolecular Hbond substituents is 1. The van der Waals surface area contributed by atoms with Crippen LogP contribution in [-0.2, 0) is 6.54 Å². The molecule has 4 rings (SSSR count). The quantitative estimate of drug-likeness (QED) is 0.622. The summed E-state index contributed by atoms with van der Waals surface area (Å²) in [6.07, 6.45) is 0. The Morgan fingerprint density at radius 1 is 1.04 bits per heavy atom. The Balaban J connectivity index is 2.10. The van der Waals surface area contributed by atoms with Crippen LogP contribution in [-0.4, -0.2) is 45.2 Å². The van der Waals surface area contributed by atoms with Gasteiger partial charge in [0.05, 0.1) is 16.6 Å². The highest BCUT2D eigenvalue weighted by molar-refractivity contribution is 6.08. The van der Waals surface area contributed by atoms with Gasteiger partial charge in [0.1, 0.15) is 11.3 Å². The van der Waals surface area contributed by atoms with Gasteiger partial charge in [-0.25, -0.2) is 9.97 Å². The number of likely N-dealkylation sites (N-methyl/N-ethyl adjacent to an activating group) is 1. The highest BCUT2D eigenvalue weighted by atomic mass is 16.3. The fourth-order valence-electron chi connectivity index (χ4n) is 3.30. The molecule has 0 fully saturated rings. The molecule has 0 aliphatic heterocycles. The third-order valence-corrected chi connectivity index (χ3v) is 4.83. The van der Waals surface area contributed by atoms with Crippen LogP contribution in [0.15, 0.2) is 30.3 Å². The maximum atomic E-state index is 10.5. The van der Waals surface area contributed by atoms with E-state index in [1.54, 1.807) is 6.07 Å². The number of phenols is 1. The normalized spacial score (nSPS) is 12.0. The molecule has 0 saturated heterocycles. The molecule has 0 aliphatic rings. The molecule has 25 heavy (non-hydrogen) atoms. The van der Waals surface area contributed by atoms with Crippen molar-refractivity contribution in [3.8, 4) is 5.75 Å². The summed E-state index contributed by atoms with van der Waals surface area (Å²) in [4.78, 5) is 11.9. The number of aryl methyl sites for hydroxylation is 2. The monoisotopic (exact) mass is 334 g/mol. The molecular weight excluding hydrogens is 312 g/mol. The Morgan fingerprint density at radius 3 is 2.40 bits per heavy atom. The average molecular weight is 334 g/mol. The van der Waals surface area contributed by atoms with Crippen LogP contribution in [0.25, 0.3) is 33.1 Å². The molecule has 5 nitrogen and oxygen atoms in total. The molecule has 4 aromatic rings. The zero-order valence-corrected chi connectivity index (χ0v) is 15.0. The molecular formula is C20H22N4O. The number of rotatable bonds is 3. The molecule has 5 heteroatoms. The number of aromatic hydroxyl groups is 1. The van der Waals surface area contributed by atoms with Gasteiger partial charge in [-0.15, -0.1) is 0 Å². The Bertz CT molecular complexity index is 1110. The number of hydrogen-bond donors (Lipinski definition) is 1. The van der Waals surface area contributed by atoms with Gasteiger partial charge in [0.2, 0.25) is 0 Å². The minimum atomic E-state index is 0.271. The summed E-state index contributed by atoms with van der Waals surface area (Å²) in [5, 5.41) is 11.4.